The first-order chi connectivity index (χ1) is 11.6. The fourth-order valence-electron chi connectivity index (χ4n) is 2.55. The number of anilines is 1. The molecule has 1 N–H and O–H groups in total. The van der Waals surface area contributed by atoms with Gasteiger partial charge in [-0.3, -0.25) is 10.1 Å². The maximum atomic E-state index is 11.6. The molecule has 1 unspecified atom stereocenters. The van der Waals surface area contributed by atoms with Crippen molar-refractivity contribution in [2.24, 2.45) is 5.92 Å². The fraction of sp³-hybridized carbons (Fsp3) is 0.500. The van der Waals surface area contributed by atoms with Gasteiger partial charge < -0.3 is 14.7 Å². The van der Waals surface area contributed by atoms with E-state index in [0.29, 0.717) is 35.8 Å². The van der Waals surface area contributed by atoms with Crippen LogP contribution in [0.25, 0.3) is 5.57 Å². The van der Waals surface area contributed by atoms with Crippen LogP contribution >= 0.6 is 0 Å². The predicted octanol–water partition coefficient (Wildman–Crippen LogP) is 3.58. The summed E-state index contributed by atoms with van der Waals surface area (Å²) >= 11 is 0. The number of nitro benzene ring substituents is 1. The third-order valence-corrected chi connectivity index (χ3v) is 3.77. The number of benzene rings is 1. The fourth-order valence-corrected chi connectivity index (χ4v) is 2.55. The smallest absolute Gasteiger partial charge is 0.328 e. The van der Waals surface area contributed by atoms with Crippen molar-refractivity contribution in [1.82, 2.24) is 0 Å². The van der Waals surface area contributed by atoms with Gasteiger partial charge in [-0.2, -0.15) is 0 Å². The summed E-state index contributed by atoms with van der Waals surface area (Å²) in [5.74, 6) is -0.767. The number of carboxylic acid groups (broad SMARTS) is 1. The lowest BCUT2D eigenvalue weighted by atomic mass is 10.0. The van der Waals surface area contributed by atoms with Gasteiger partial charge in [-0.25, -0.2) is 4.79 Å². The molecule has 0 saturated carbocycles. The highest BCUT2D eigenvalue weighted by atomic mass is 16.6. The molecular weight excluding hydrogens is 324 g/mol. The maximum absolute atomic E-state index is 11.6. The summed E-state index contributed by atoms with van der Waals surface area (Å²) in [4.78, 5) is 23.9. The minimum Gasteiger partial charge on any atom is -0.478 e. The highest BCUT2D eigenvalue weighted by molar-refractivity contribution is 5.90. The largest absolute Gasteiger partial charge is 0.478 e. The van der Waals surface area contributed by atoms with E-state index in [1.54, 1.807) is 26.2 Å². The van der Waals surface area contributed by atoms with E-state index in [-0.39, 0.29) is 11.8 Å². The Kier molecular flexibility index (Phi) is 7.57. The van der Waals surface area contributed by atoms with Crippen LogP contribution in [-0.4, -0.2) is 42.3 Å². The number of carbonyl (C=O) groups is 1. The van der Waals surface area contributed by atoms with Gasteiger partial charge in [0.05, 0.1) is 11.0 Å². The number of carboxylic acids is 1. The molecule has 0 heterocycles. The lowest BCUT2D eigenvalue weighted by Crippen LogP contribution is -2.35. The summed E-state index contributed by atoms with van der Waals surface area (Å²) in [5.41, 5.74) is 1.44. The molecular formula is C18H26N2O5. The molecule has 0 saturated heterocycles. The van der Waals surface area contributed by atoms with Gasteiger partial charge in [0, 0.05) is 32.3 Å². The van der Waals surface area contributed by atoms with Gasteiger partial charge in [0.1, 0.15) is 5.69 Å². The van der Waals surface area contributed by atoms with E-state index in [2.05, 4.69) is 0 Å². The van der Waals surface area contributed by atoms with Crippen LogP contribution in [0.15, 0.2) is 24.3 Å². The number of allylic oxidation sites excluding steroid dienone is 1. The van der Waals surface area contributed by atoms with Crippen molar-refractivity contribution in [3.8, 4) is 0 Å². The number of rotatable bonds is 9. The van der Waals surface area contributed by atoms with Gasteiger partial charge in [0.2, 0.25) is 0 Å². The molecule has 0 fully saturated rings. The number of nitro groups is 1. The van der Waals surface area contributed by atoms with Gasteiger partial charge in [0.25, 0.3) is 5.69 Å². The van der Waals surface area contributed by atoms with E-state index in [1.165, 1.54) is 6.07 Å². The molecule has 7 nitrogen and oxygen atoms in total. The highest BCUT2D eigenvalue weighted by Gasteiger charge is 2.22. The number of aliphatic carboxylic acids is 1. The Bertz CT molecular complexity index is 655. The first-order valence-corrected chi connectivity index (χ1v) is 8.13. The molecule has 0 amide bonds. The van der Waals surface area contributed by atoms with E-state index in [1.807, 2.05) is 25.7 Å². The molecule has 138 valence electrons. The van der Waals surface area contributed by atoms with Crippen LogP contribution in [-0.2, 0) is 9.53 Å². The maximum Gasteiger partial charge on any atom is 0.328 e. The van der Waals surface area contributed by atoms with Crippen LogP contribution in [0.3, 0.4) is 0 Å². The Labute approximate surface area is 148 Å². The standard InChI is InChI=1S/C18H26N2O5/c1-12(2)10-19(11-14(4)25-5)16-7-6-15(9-17(16)20(23)24)13(3)8-18(21)22/h6-9,12,14H,10-11H2,1-5H3,(H,21,22)/b13-8+. The van der Waals surface area contributed by atoms with Crippen molar-refractivity contribution < 1.29 is 19.6 Å². The second kappa shape index (κ2) is 9.17. The third-order valence-electron chi connectivity index (χ3n) is 3.77. The summed E-state index contributed by atoms with van der Waals surface area (Å²) in [6.07, 6.45) is 0.962. The van der Waals surface area contributed by atoms with E-state index in [4.69, 9.17) is 9.84 Å². The van der Waals surface area contributed by atoms with Crippen molar-refractivity contribution in [3.05, 3.63) is 40.0 Å². The Morgan fingerprint density at radius 1 is 1.36 bits per heavy atom. The average molecular weight is 350 g/mol. The normalized spacial score (nSPS) is 13.0. The molecule has 0 aromatic heterocycles. The van der Waals surface area contributed by atoms with E-state index >= 15 is 0 Å². The summed E-state index contributed by atoms with van der Waals surface area (Å²) in [7, 11) is 1.61. The molecule has 1 aromatic carbocycles. The van der Waals surface area contributed by atoms with Crippen molar-refractivity contribution in [2.75, 3.05) is 25.1 Å². The summed E-state index contributed by atoms with van der Waals surface area (Å²) in [6.45, 7) is 8.80. The second-order valence-corrected chi connectivity index (χ2v) is 6.47. The van der Waals surface area contributed by atoms with E-state index in [0.717, 1.165) is 6.08 Å². The molecule has 1 aromatic rings. The van der Waals surface area contributed by atoms with E-state index in [9.17, 15) is 14.9 Å². The summed E-state index contributed by atoms with van der Waals surface area (Å²) < 4.78 is 5.30. The molecule has 0 radical (unpaired) electrons. The van der Waals surface area contributed by atoms with Crippen LogP contribution in [0, 0.1) is 16.0 Å². The Morgan fingerprint density at radius 2 is 2.00 bits per heavy atom. The number of ether oxygens (including phenoxy) is 1. The van der Waals surface area contributed by atoms with Gasteiger partial charge in [-0.15, -0.1) is 0 Å². The zero-order valence-electron chi connectivity index (χ0n) is 15.4. The molecule has 1 rings (SSSR count). The highest BCUT2D eigenvalue weighted by Crippen LogP contribution is 2.32. The Hall–Kier alpha value is -2.41. The van der Waals surface area contributed by atoms with Gasteiger partial charge in [-0.1, -0.05) is 19.9 Å². The zero-order chi connectivity index (χ0) is 19.1. The quantitative estimate of drug-likeness (QED) is 0.416. The van der Waals surface area contributed by atoms with Crippen LogP contribution in [0.1, 0.15) is 33.3 Å². The Morgan fingerprint density at radius 3 is 2.48 bits per heavy atom. The van der Waals surface area contributed by atoms with Crippen LogP contribution in [0.4, 0.5) is 11.4 Å². The minimum atomic E-state index is -1.08. The molecule has 0 aliphatic heterocycles. The van der Waals surface area contributed by atoms with Gasteiger partial charge >= 0.3 is 5.97 Å². The summed E-state index contributed by atoms with van der Waals surface area (Å²) in [6, 6.07) is 4.81. The van der Waals surface area contributed by atoms with Gasteiger partial charge in [0.15, 0.2) is 0 Å². The first-order valence-electron chi connectivity index (χ1n) is 8.13. The Balaban J connectivity index is 3.35. The lowest BCUT2D eigenvalue weighted by Gasteiger charge is -2.29. The number of hydrogen-bond donors (Lipinski definition) is 1. The van der Waals surface area contributed by atoms with E-state index < -0.39 is 10.9 Å². The van der Waals surface area contributed by atoms with Crippen molar-refractivity contribution in [2.45, 2.75) is 33.8 Å². The molecule has 0 aliphatic carbocycles. The van der Waals surface area contributed by atoms with Crippen molar-refractivity contribution in [1.29, 1.82) is 0 Å². The molecule has 1 atom stereocenters. The van der Waals surface area contributed by atoms with Gasteiger partial charge in [-0.05, 0) is 37.0 Å². The molecule has 0 spiro atoms. The topological polar surface area (TPSA) is 92.9 Å². The number of methoxy groups -OCH3 is 1. The number of hydrogen-bond acceptors (Lipinski definition) is 5. The number of nitrogens with zero attached hydrogens (tertiary/aromatic N) is 2. The molecule has 0 bridgehead atoms. The lowest BCUT2D eigenvalue weighted by molar-refractivity contribution is -0.384. The van der Waals surface area contributed by atoms with Crippen LogP contribution in [0.5, 0.6) is 0 Å². The zero-order valence-corrected chi connectivity index (χ0v) is 15.4. The van der Waals surface area contributed by atoms with Crippen LogP contribution < -0.4 is 4.90 Å². The monoisotopic (exact) mass is 350 g/mol. The SMILES string of the molecule is COC(C)CN(CC(C)C)c1ccc(/C(C)=C/C(=O)O)cc1[N+](=O)[O-]. The average Bonchev–Trinajstić information content (AvgIpc) is 2.52. The van der Waals surface area contributed by atoms with Crippen molar-refractivity contribution in [3.63, 3.8) is 0 Å². The molecule has 25 heavy (non-hydrogen) atoms. The van der Waals surface area contributed by atoms with Crippen molar-refractivity contribution >= 4 is 22.9 Å². The molecule has 0 aliphatic rings. The third kappa shape index (κ3) is 6.19. The predicted molar refractivity (Wildman–Crippen MR) is 97.9 cm³/mol. The second-order valence-electron chi connectivity index (χ2n) is 6.47. The van der Waals surface area contributed by atoms with Crippen LogP contribution in [0.2, 0.25) is 0 Å². The first kappa shape index (κ1) is 20.6. The summed E-state index contributed by atoms with van der Waals surface area (Å²) in [5, 5.41) is 20.4. The molecule has 7 heteroatoms. The minimum absolute atomic E-state index is 0.0420.